The molecule has 0 bridgehead atoms. The van der Waals surface area contributed by atoms with Gasteiger partial charge in [0.1, 0.15) is 5.69 Å². The summed E-state index contributed by atoms with van der Waals surface area (Å²) in [5.41, 5.74) is 5.41. The molecule has 1 aromatic rings. The number of nitrogen functional groups attached to an aromatic ring is 1. The Morgan fingerprint density at radius 1 is 1.56 bits per heavy atom. The fraction of sp³-hybridized carbons (Fsp3) is 0.455. The van der Waals surface area contributed by atoms with Crippen LogP contribution in [-0.2, 0) is 16.0 Å². The number of hydrogen-bond acceptors (Lipinski definition) is 5. The summed E-state index contributed by atoms with van der Waals surface area (Å²) in [7, 11) is 1.27. The number of pyridine rings is 1. The molecular weight excluding hydrogens is 246 g/mol. The number of halogens is 2. The van der Waals surface area contributed by atoms with Gasteiger partial charge in [-0.25, -0.2) is 13.8 Å². The van der Waals surface area contributed by atoms with E-state index in [0.717, 1.165) is 6.07 Å². The van der Waals surface area contributed by atoms with Crippen LogP contribution in [-0.4, -0.2) is 24.7 Å². The SMILES string of the molecule is CCOC(=O)Cc1c(N)cc(C(F)F)nc1OC. The van der Waals surface area contributed by atoms with Crippen molar-refractivity contribution in [3.05, 3.63) is 17.3 Å². The third kappa shape index (κ3) is 3.28. The first-order valence-corrected chi connectivity index (χ1v) is 5.26. The zero-order chi connectivity index (χ0) is 13.7. The minimum Gasteiger partial charge on any atom is -0.481 e. The highest BCUT2D eigenvalue weighted by Gasteiger charge is 2.19. The number of carbonyl (C=O) groups is 1. The van der Waals surface area contributed by atoms with Gasteiger partial charge in [0, 0.05) is 11.3 Å². The molecule has 0 aromatic carbocycles. The van der Waals surface area contributed by atoms with Gasteiger partial charge in [0.05, 0.1) is 20.1 Å². The van der Waals surface area contributed by atoms with Crippen molar-refractivity contribution < 1.29 is 23.0 Å². The number of nitrogens with zero attached hydrogens (tertiary/aromatic N) is 1. The lowest BCUT2D eigenvalue weighted by Gasteiger charge is -2.12. The molecule has 5 nitrogen and oxygen atoms in total. The van der Waals surface area contributed by atoms with E-state index in [9.17, 15) is 13.6 Å². The molecule has 1 rings (SSSR count). The number of aromatic nitrogens is 1. The van der Waals surface area contributed by atoms with Crippen LogP contribution in [0.15, 0.2) is 6.07 Å². The first-order valence-electron chi connectivity index (χ1n) is 5.26. The van der Waals surface area contributed by atoms with E-state index in [1.54, 1.807) is 6.92 Å². The maximum atomic E-state index is 12.5. The van der Waals surface area contributed by atoms with E-state index in [-0.39, 0.29) is 30.2 Å². The monoisotopic (exact) mass is 260 g/mol. The molecule has 0 unspecified atom stereocenters. The Morgan fingerprint density at radius 2 is 2.22 bits per heavy atom. The van der Waals surface area contributed by atoms with Crippen LogP contribution in [0.2, 0.25) is 0 Å². The van der Waals surface area contributed by atoms with Gasteiger partial charge in [-0.05, 0) is 13.0 Å². The Balaban J connectivity index is 3.07. The van der Waals surface area contributed by atoms with Gasteiger partial charge >= 0.3 is 5.97 Å². The van der Waals surface area contributed by atoms with E-state index in [1.807, 2.05) is 0 Å². The molecule has 7 heteroatoms. The highest BCUT2D eigenvalue weighted by atomic mass is 19.3. The normalized spacial score (nSPS) is 10.5. The molecule has 0 saturated carbocycles. The summed E-state index contributed by atoms with van der Waals surface area (Å²) in [6.45, 7) is 1.89. The maximum Gasteiger partial charge on any atom is 0.310 e. The van der Waals surface area contributed by atoms with Crippen molar-refractivity contribution in [3.63, 3.8) is 0 Å². The number of methoxy groups -OCH3 is 1. The second-order valence-corrected chi connectivity index (χ2v) is 3.41. The molecule has 18 heavy (non-hydrogen) atoms. The van der Waals surface area contributed by atoms with E-state index in [4.69, 9.17) is 15.2 Å². The Labute approximate surface area is 103 Å². The fourth-order valence-electron chi connectivity index (χ4n) is 1.40. The lowest BCUT2D eigenvalue weighted by Crippen LogP contribution is -2.12. The number of carbonyl (C=O) groups excluding carboxylic acids is 1. The average molecular weight is 260 g/mol. The summed E-state index contributed by atoms with van der Waals surface area (Å²) < 4.78 is 34.6. The number of rotatable bonds is 5. The van der Waals surface area contributed by atoms with Gasteiger partial charge < -0.3 is 15.2 Å². The van der Waals surface area contributed by atoms with E-state index >= 15 is 0 Å². The van der Waals surface area contributed by atoms with Crippen molar-refractivity contribution in [2.24, 2.45) is 0 Å². The number of nitrogens with two attached hydrogens (primary N) is 1. The molecule has 0 aliphatic carbocycles. The molecule has 0 radical (unpaired) electrons. The van der Waals surface area contributed by atoms with Crippen LogP contribution in [0.1, 0.15) is 24.6 Å². The fourth-order valence-corrected chi connectivity index (χ4v) is 1.40. The number of hydrogen-bond donors (Lipinski definition) is 1. The van der Waals surface area contributed by atoms with Crippen molar-refractivity contribution in [2.75, 3.05) is 19.5 Å². The van der Waals surface area contributed by atoms with E-state index in [0.29, 0.717) is 0 Å². The van der Waals surface area contributed by atoms with Crippen LogP contribution in [0, 0.1) is 0 Å². The van der Waals surface area contributed by atoms with Crippen molar-refractivity contribution in [1.29, 1.82) is 0 Å². The summed E-state index contributed by atoms with van der Waals surface area (Å²) in [5.74, 6) is -0.604. The van der Waals surface area contributed by atoms with Gasteiger partial charge in [-0.2, -0.15) is 0 Å². The van der Waals surface area contributed by atoms with Crippen LogP contribution in [0.25, 0.3) is 0 Å². The predicted molar refractivity (Wildman–Crippen MR) is 60.5 cm³/mol. The minimum atomic E-state index is -2.75. The van der Waals surface area contributed by atoms with Crippen molar-refractivity contribution >= 4 is 11.7 Å². The maximum absolute atomic E-state index is 12.5. The molecule has 1 aromatic heterocycles. The first-order chi connectivity index (χ1) is 8.49. The van der Waals surface area contributed by atoms with Gasteiger partial charge in [0.15, 0.2) is 0 Å². The molecule has 0 fully saturated rings. The van der Waals surface area contributed by atoms with E-state index in [1.165, 1.54) is 7.11 Å². The summed E-state index contributed by atoms with van der Waals surface area (Å²) in [4.78, 5) is 14.9. The summed E-state index contributed by atoms with van der Waals surface area (Å²) >= 11 is 0. The Morgan fingerprint density at radius 3 is 2.72 bits per heavy atom. The van der Waals surface area contributed by atoms with Crippen molar-refractivity contribution in [1.82, 2.24) is 4.98 Å². The zero-order valence-electron chi connectivity index (χ0n) is 10.1. The zero-order valence-corrected chi connectivity index (χ0v) is 10.1. The van der Waals surface area contributed by atoms with Gasteiger partial charge in [0.2, 0.25) is 5.88 Å². The Bertz CT molecular complexity index is 439. The molecule has 0 atom stereocenters. The molecule has 2 N–H and O–H groups in total. The van der Waals surface area contributed by atoms with Gasteiger partial charge in [0.25, 0.3) is 6.43 Å². The van der Waals surface area contributed by atoms with E-state index in [2.05, 4.69) is 4.98 Å². The summed E-state index contributed by atoms with van der Waals surface area (Å²) in [6.07, 6.45) is -2.92. The van der Waals surface area contributed by atoms with Crippen LogP contribution >= 0.6 is 0 Å². The highest BCUT2D eigenvalue weighted by Crippen LogP contribution is 2.28. The predicted octanol–water partition coefficient (Wildman–Crippen LogP) is 1.72. The molecule has 0 spiro atoms. The second-order valence-electron chi connectivity index (χ2n) is 3.41. The number of alkyl halides is 2. The molecule has 0 aliphatic heterocycles. The lowest BCUT2D eigenvalue weighted by molar-refractivity contribution is -0.142. The van der Waals surface area contributed by atoms with Crippen molar-refractivity contribution in [3.8, 4) is 5.88 Å². The largest absolute Gasteiger partial charge is 0.481 e. The van der Waals surface area contributed by atoms with Gasteiger partial charge in [-0.15, -0.1) is 0 Å². The average Bonchev–Trinajstić information content (AvgIpc) is 2.31. The number of esters is 1. The standard InChI is InChI=1S/C11H14F2N2O3/c1-3-18-9(16)4-6-7(14)5-8(10(12)13)15-11(6)17-2/h5,10H,3-4H2,1-2H3,(H2,14,15). The Kier molecular flexibility index (Phi) is 4.82. The lowest BCUT2D eigenvalue weighted by atomic mass is 10.1. The summed E-state index contributed by atoms with van der Waals surface area (Å²) in [6, 6.07) is 1.03. The number of anilines is 1. The van der Waals surface area contributed by atoms with Gasteiger partial charge in [-0.3, -0.25) is 4.79 Å². The molecule has 100 valence electrons. The van der Waals surface area contributed by atoms with Crippen LogP contribution in [0.5, 0.6) is 5.88 Å². The first kappa shape index (κ1) is 14.1. The quantitative estimate of drug-likeness (QED) is 0.816. The minimum absolute atomic E-state index is 0.0326. The highest BCUT2D eigenvalue weighted by molar-refractivity contribution is 5.76. The smallest absolute Gasteiger partial charge is 0.310 e. The second kappa shape index (κ2) is 6.13. The molecule has 0 amide bonds. The molecule has 1 heterocycles. The van der Waals surface area contributed by atoms with Crippen LogP contribution in [0.3, 0.4) is 0 Å². The van der Waals surface area contributed by atoms with Gasteiger partial charge in [-0.1, -0.05) is 0 Å². The third-order valence-electron chi connectivity index (χ3n) is 2.18. The van der Waals surface area contributed by atoms with Crippen LogP contribution < -0.4 is 10.5 Å². The number of ether oxygens (including phenoxy) is 2. The van der Waals surface area contributed by atoms with Crippen molar-refractivity contribution in [2.45, 2.75) is 19.8 Å². The molecule has 0 saturated heterocycles. The van der Waals surface area contributed by atoms with E-state index < -0.39 is 18.1 Å². The Hall–Kier alpha value is -1.92. The molecule has 0 aliphatic rings. The molecular formula is C11H14F2N2O3. The summed E-state index contributed by atoms with van der Waals surface area (Å²) in [5, 5.41) is 0. The third-order valence-corrected chi connectivity index (χ3v) is 2.18. The topological polar surface area (TPSA) is 74.4 Å². The van der Waals surface area contributed by atoms with Crippen LogP contribution in [0.4, 0.5) is 14.5 Å².